The summed E-state index contributed by atoms with van der Waals surface area (Å²) < 4.78 is 1.83. The minimum atomic E-state index is -0.700. The van der Waals surface area contributed by atoms with E-state index in [1.54, 1.807) is 6.33 Å². The number of hydrogen-bond acceptors (Lipinski definition) is 3. The molecule has 4 nitrogen and oxygen atoms in total. The standard InChI is InChI=1S/C11H21N3O/c1-5-9(3)11(4,15)7-10-12-8-13-14(10)6-2/h8-9,15H,5-7H2,1-4H3. The first-order valence-corrected chi connectivity index (χ1v) is 5.60. The number of nitrogens with zero attached hydrogens (tertiary/aromatic N) is 3. The van der Waals surface area contributed by atoms with Gasteiger partial charge in [-0.1, -0.05) is 20.3 Å². The first kappa shape index (κ1) is 12.2. The molecule has 0 saturated heterocycles. The molecule has 0 aliphatic heterocycles. The molecule has 0 aliphatic carbocycles. The highest BCUT2D eigenvalue weighted by atomic mass is 16.3. The molecule has 0 spiro atoms. The van der Waals surface area contributed by atoms with Gasteiger partial charge in [0.05, 0.1) is 5.60 Å². The Hall–Kier alpha value is -0.900. The highest BCUT2D eigenvalue weighted by Gasteiger charge is 2.29. The van der Waals surface area contributed by atoms with Crippen molar-refractivity contribution in [2.24, 2.45) is 5.92 Å². The molecule has 1 aromatic heterocycles. The number of aromatic nitrogens is 3. The van der Waals surface area contributed by atoms with Crippen molar-refractivity contribution >= 4 is 0 Å². The lowest BCUT2D eigenvalue weighted by atomic mass is 9.85. The van der Waals surface area contributed by atoms with Crippen molar-refractivity contribution in [2.45, 2.75) is 52.7 Å². The summed E-state index contributed by atoms with van der Waals surface area (Å²) in [6.45, 7) is 8.84. The van der Waals surface area contributed by atoms with Gasteiger partial charge in [-0.2, -0.15) is 5.10 Å². The van der Waals surface area contributed by atoms with Crippen LogP contribution in [0.25, 0.3) is 0 Å². The summed E-state index contributed by atoms with van der Waals surface area (Å²) in [7, 11) is 0. The van der Waals surface area contributed by atoms with Gasteiger partial charge in [-0.3, -0.25) is 4.68 Å². The van der Waals surface area contributed by atoms with Crippen LogP contribution in [-0.4, -0.2) is 25.5 Å². The summed E-state index contributed by atoms with van der Waals surface area (Å²) in [6.07, 6.45) is 3.08. The number of aryl methyl sites for hydroxylation is 1. The molecule has 0 aromatic carbocycles. The molecule has 1 N–H and O–H groups in total. The van der Waals surface area contributed by atoms with E-state index in [1.165, 1.54) is 0 Å². The molecule has 15 heavy (non-hydrogen) atoms. The highest BCUT2D eigenvalue weighted by Crippen LogP contribution is 2.23. The van der Waals surface area contributed by atoms with Crippen LogP contribution in [0.3, 0.4) is 0 Å². The van der Waals surface area contributed by atoms with Gasteiger partial charge < -0.3 is 5.11 Å². The van der Waals surface area contributed by atoms with Crippen LogP contribution in [0, 0.1) is 5.92 Å². The molecule has 86 valence electrons. The second-order valence-electron chi connectivity index (χ2n) is 4.34. The van der Waals surface area contributed by atoms with Crippen molar-refractivity contribution < 1.29 is 5.11 Å². The second-order valence-corrected chi connectivity index (χ2v) is 4.34. The molecule has 1 rings (SSSR count). The predicted octanol–water partition coefficient (Wildman–Crippen LogP) is 1.64. The summed E-state index contributed by atoms with van der Waals surface area (Å²) >= 11 is 0. The minimum absolute atomic E-state index is 0.263. The number of aliphatic hydroxyl groups is 1. The van der Waals surface area contributed by atoms with E-state index in [0.717, 1.165) is 18.8 Å². The van der Waals surface area contributed by atoms with Crippen molar-refractivity contribution in [3.63, 3.8) is 0 Å². The molecular weight excluding hydrogens is 190 g/mol. The average Bonchev–Trinajstić information content (AvgIpc) is 2.63. The van der Waals surface area contributed by atoms with Gasteiger partial charge in [0.25, 0.3) is 0 Å². The third kappa shape index (κ3) is 2.78. The van der Waals surface area contributed by atoms with Crippen LogP contribution in [0.5, 0.6) is 0 Å². The Labute approximate surface area is 91.3 Å². The zero-order valence-corrected chi connectivity index (χ0v) is 10.1. The second kappa shape index (κ2) is 4.75. The van der Waals surface area contributed by atoms with Crippen LogP contribution >= 0.6 is 0 Å². The molecule has 4 heteroatoms. The zero-order valence-electron chi connectivity index (χ0n) is 10.1. The lowest BCUT2D eigenvalue weighted by Crippen LogP contribution is -2.36. The molecule has 0 aliphatic rings. The van der Waals surface area contributed by atoms with Crippen LogP contribution in [0.15, 0.2) is 6.33 Å². The third-order valence-electron chi connectivity index (χ3n) is 3.19. The van der Waals surface area contributed by atoms with Crippen molar-refractivity contribution in [1.82, 2.24) is 14.8 Å². The van der Waals surface area contributed by atoms with Crippen molar-refractivity contribution in [1.29, 1.82) is 0 Å². The Morgan fingerprint density at radius 2 is 2.20 bits per heavy atom. The van der Waals surface area contributed by atoms with Crippen LogP contribution in [0.2, 0.25) is 0 Å². The monoisotopic (exact) mass is 211 g/mol. The Morgan fingerprint density at radius 1 is 1.53 bits per heavy atom. The van der Waals surface area contributed by atoms with Gasteiger partial charge >= 0.3 is 0 Å². The Bertz CT molecular complexity index is 307. The van der Waals surface area contributed by atoms with E-state index in [-0.39, 0.29) is 5.92 Å². The summed E-state index contributed by atoms with van der Waals surface area (Å²) in [4.78, 5) is 4.18. The molecule has 0 saturated carbocycles. The molecule has 2 unspecified atom stereocenters. The summed E-state index contributed by atoms with van der Waals surface area (Å²) in [5.74, 6) is 1.13. The van der Waals surface area contributed by atoms with E-state index in [1.807, 2.05) is 18.5 Å². The maximum atomic E-state index is 10.3. The Balaban J connectivity index is 2.76. The van der Waals surface area contributed by atoms with E-state index < -0.39 is 5.60 Å². The molecular formula is C11H21N3O. The van der Waals surface area contributed by atoms with E-state index in [4.69, 9.17) is 0 Å². The molecule has 0 radical (unpaired) electrons. The summed E-state index contributed by atoms with van der Waals surface area (Å²) in [5.41, 5.74) is -0.700. The van der Waals surface area contributed by atoms with Crippen molar-refractivity contribution in [3.05, 3.63) is 12.2 Å². The normalized spacial score (nSPS) is 17.4. The van der Waals surface area contributed by atoms with Gasteiger partial charge in [-0.05, 0) is 19.8 Å². The third-order valence-corrected chi connectivity index (χ3v) is 3.19. The minimum Gasteiger partial charge on any atom is -0.389 e. The van der Waals surface area contributed by atoms with Gasteiger partial charge in [-0.25, -0.2) is 4.98 Å². The van der Waals surface area contributed by atoms with Crippen LogP contribution in [0.4, 0.5) is 0 Å². The van der Waals surface area contributed by atoms with E-state index >= 15 is 0 Å². The molecule has 0 amide bonds. The molecule has 0 bridgehead atoms. The van der Waals surface area contributed by atoms with Crippen LogP contribution in [0.1, 0.15) is 39.9 Å². The summed E-state index contributed by atoms with van der Waals surface area (Å²) in [6, 6.07) is 0. The van der Waals surface area contributed by atoms with E-state index in [9.17, 15) is 5.11 Å². The zero-order chi connectivity index (χ0) is 11.5. The lowest BCUT2D eigenvalue weighted by Gasteiger charge is -2.29. The maximum Gasteiger partial charge on any atom is 0.138 e. The van der Waals surface area contributed by atoms with Crippen molar-refractivity contribution in [2.75, 3.05) is 0 Å². The first-order chi connectivity index (χ1) is 7.01. The summed E-state index contributed by atoms with van der Waals surface area (Å²) in [5, 5.41) is 14.4. The van der Waals surface area contributed by atoms with Gasteiger partial charge in [0.1, 0.15) is 12.2 Å². The average molecular weight is 211 g/mol. The van der Waals surface area contributed by atoms with E-state index in [0.29, 0.717) is 6.42 Å². The van der Waals surface area contributed by atoms with Crippen LogP contribution in [-0.2, 0) is 13.0 Å². The fourth-order valence-electron chi connectivity index (χ4n) is 1.62. The first-order valence-electron chi connectivity index (χ1n) is 5.60. The maximum absolute atomic E-state index is 10.3. The SMILES string of the molecule is CCC(C)C(C)(O)Cc1ncnn1CC. The largest absolute Gasteiger partial charge is 0.389 e. The predicted molar refractivity (Wildman–Crippen MR) is 59.5 cm³/mol. The Morgan fingerprint density at radius 3 is 2.73 bits per heavy atom. The fraction of sp³-hybridized carbons (Fsp3) is 0.818. The quantitative estimate of drug-likeness (QED) is 0.805. The fourth-order valence-corrected chi connectivity index (χ4v) is 1.62. The lowest BCUT2D eigenvalue weighted by molar-refractivity contribution is 0.00256. The topological polar surface area (TPSA) is 50.9 Å². The number of hydrogen-bond donors (Lipinski definition) is 1. The van der Waals surface area contributed by atoms with Gasteiger partial charge in [-0.15, -0.1) is 0 Å². The molecule has 2 atom stereocenters. The van der Waals surface area contributed by atoms with Gasteiger partial charge in [0, 0.05) is 13.0 Å². The smallest absolute Gasteiger partial charge is 0.138 e. The van der Waals surface area contributed by atoms with Gasteiger partial charge in [0.2, 0.25) is 0 Å². The number of rotatable bonds is 5. The molecule has 1 aromatic rings. The van der Waals surface area contributed by atoms with Crippen molar-refractivity contribution in [3.8, 4) is 0 Å². The molecule has 1 heterocycles. The van der Waals surface area contributed by atoms with Gasteiger partial charge in [0.15, 0.2) is 0 Å². The van der Waals surface area contributed by atoms with E-state index in [2.05, 4.69) is 23.9 Å². The molecule has 0 fully saturated rings. The Kier molecular flexibility index (Phi) is 3.85. The highest BCUT2D eigenvalue weighted by molar-refractivity contribution is 4.94. The van der Waals surface area contributed by atoms with Crippen LogP contribution < -0.4 is 0 Å².